The van der Waals surface area contributed by atoms with Crippen LogP contribution in [0, 0.1) is 0 Å². The highest BCUT2D eigenvalue weighted by atomic mass is 79.9. The van der Waals surface area contributed by atoms with Crippen molar-refractivity contribution in [3.05, 3.63) is 32.8 Å². The summed E-state index contributed by atoms with van der Waals surface area (Å²) >= 11 is 9.75. The van der Waals surface area contributed by atoms with Gasteiger partial charge in [0, 0.05) is 19.2 Å². The summed E-state index contributed by atoms with van der Waals surface area (Å²) in [6.07, 6.45) is 0.826. The van der Waals surface area contributed by atoms with E-state index in [9.17, 15) is 5.11 Å². The Hall–Kier alpha value is -0.850. The number of aliphatic hydroxyl groups is 1. The third-order valence-corrected chi connectivity index (χ3v) is 4.31. The van der Waals surface area contributed by atoms with Crippen LogP contribution >= 0.6 is 27.5 Å². The van der Waals surface area contributed by atoms with Crippen LogP contribution in [0.15, 0.2) is 10.7 Å². The average molecular weight is 362 g/mol. The summed E-state index contributed by atoms with van der Waals surface area (Å²) in [5.41, 5.74) is 2.16. The van der Waals surface area contributed by atoms with E-state index in [-0.39, 0.29) is 5.92 Å². The molecule has 0 aromatic carbocycles. The Morgan fingerprint density at radius 2 is 2.10 bits per heavy atom. The number of hydrogen-bond acceptors (Lipinski definition) is 3. The molecule has 0 fully saturated rings. The lowest BCUT2D eigenvalue weighted by Gasteiger charge is -2.15. The molecule has 1 atom stereocenters. The van der Waals surface area contributed by atoms with Gasteiger partial charge in [0.25, 0.3) is 0 Å². The fraction of sp³-hybridized carbons (Fsp3) is 0.538. The predicted octanol–water partition coefficient (Wildman–Crippen LogP) is 3.26. The first-order valence-corrected chi connectivity index (χ1v) is 7.67. The summed E-state index contributed by atoms with van der Waals surface area (Å²) in [5, 5.41) is 19.9. The number of hydrogen-bond donors (Lipinski definition) is 1. The van der Waals surface area contributed by atoms with Crippen LogP contribution in [-0.2, 0) is 13.6 Å². The Balaban J connectivity index is 2.58. The molecule has 0 radical (unpaired) electrons. The van der Waals surface area contributed by atoms with Gasteiger partial charge in [0.05, 0.1) is 22.1 Å². The number of halogens is 2. The van der Waals surface area contributed by atoms with E-state index in [1.165, 1.54) is 0 Å². The van der Waals surface area contributed by atoms with Gasteiger partial charge in [-0.3, -0.25) is 9.36 Å². The highest BCUT2D eigenvalue weighted by Gasteiger charge is 2.28. The monoisotopic (exact) mass is 360 g/mol. The lowest BCUT2D eigenvalue weighted by molar-refractivity contribution is 0.206. The zero-order valence-electron chi connectivity index (χ0n) is 11.9. The molecule has 0 aliphatic carbocycles. The van der Waals surface area contributed by atoms with Crippen LogP contribution in [0.1, 0.15) is 49.7 Å². The topological polar surface area (TPSA) is 55.9 Å². The lowest BCUT2D eigenvalue weighted by atomic mass is 10.0. The molecule has 0 saturated heterocycles. The van der Waals surface area contributed by atoms with Crippen molar-refractivity contribution in [3.8, 4) is 0 Å². The number of aromatic nitrogens is 4. The number of nitrogens with zero attached hydrogens (tertiary/aromatic N) is 4. The van der Waals surface area contributed by atoms with Crippen LogP contribution in [-0.4, -0.2) is 24.7 Å². The minimum Gasteiger partial charge on any atom is -0.382 e. The molecule has 20 heavy (non-hydrogen) atoms. The summed E-state index contributed by atoms with van der Waals surface area (Å²) in [7, 11) is 1.77. The van der Waals surface area contributed by atoms with Gasteiger partial charge in [-0.05, 0) is 28.8 Å². The first-order chi connectivity index (χ1) is 9.38. The molecule has 2 heterocycles. The molecular formula is C13H18BrClN4O. The molecule has 2 aromatic heterocycles. The summed E-state index contributed by atoms with van der Waals surface area (Å²) in [4.78, 5) is 0. The van der Waals surface area contributed by atoms with E-state index >= 15 is 0 Å². The second kappa shape index (κ2) is 5.87. The molecule has 1 unspecified atom stereocenters. The van der Waals surface area contributed by atoms with E-state index < -0.39 is 6.10 Å². The van der Waals surface area contributed by atoms with Gasteiger partial charge in [-0.2, -0.15) is 10.2 Å². The number of aliphatic hydroxyl groups excluding tert-OH is 1. The second-order valence-corrected chi connectivity index (χ2v) is 6.18. The van der Waals surface area contributed by atoms with Crippen molar-refractivity contribution in [2.75, 3.05) is 0 Å². The molecule has 0 saturated carbocycles. The van der Waals surface area contributed by atoms with Gasteiger partial charge in [-0.1, -0.05) is 25.4 Å². The molecule has 7 heteroatoms. The fourth-order valence-electron chi connectivity index (χ4n) is 2.25. The van der Waals surface area contributed by atoms with Gasteiger partial charge in [-0.15, -0.1) is 0 Å². The largest absolute Gasteiger partial charge is 0.382 e. The Labute approximate surface area is 131 Å². The SMILES string of the molecule is CCn1ncc(Br)c1C(O)c1c(C(C)C)nn(C)c1Cl. The molecule has 0 amide bonds. The molecule has 110 valence electrons. The Bertz CT molecular complexity index is 620. The van der Waals surface area contributed by atoms with E-state index in [4.69, 9.17) is 11.6 Å². The molecule has 0 aliphatic rings. The molecule has 0 bridgehead atoms. The van der Waals surface area contributed by atoms with Gasteiger partial charge in [-0.25, -0.2) is 0 Å². The van der Waals surface area contributed by atoms with Crippen molar-refractivity contribution < 1.29 is 5.11 Å². The van der Waals surface area contributed by atoms with Crippen molar-refractivity contribution in [1.29, 1.82) is 0 Å². The molecule has 1 N–H and O–H groups in total. The van der Waals surface area contributed by atoms with E-state index in [0.29, 0.717) is 23.0 Å². The number of aryl methyl sites for hydroxylation is 2. The van der Waals surface area contributed by atoms with Crippen LogP contribution in [0.2, 0.25) is 5.15 Å². The van der Waals surface area contributed by atoms with Gasteiger partial charge >= 0.3 is 0 Å². The summed E-state index contributed by atoms with van der Waals surface area (Å²) in [6, 6.07) is 0. The molecule has 0 spiro atoms. The predicted molar refractivity (Wildman–Crippen MR) is 82.0 cm³/mol. The lowest BCUT2D eigenvalue weighted by Crippen LogP contribution is -2.11. The van der Waals surface area contributed by atoms with Crippen molar-refractivity contribution in [3.63, 3.8) is 0 Å². The number of rotatable bonds is 4. The molecule has 2 aromatic rings. The molecule has 2 rings (SSSR count). The summed E-state index contributed by atoms with van der Waals surface area (Å²) in [5.74, 6) is 0.176. The van der Waals surface area contributed by atoms with Gasteiger partial charge in [0.2, 0.25) is 0 Å². The zero-order chi connectivity index (χ0) is 15.0. The third kappa shape index (κ3) is 2.52. The quantitative estimate of drug-likeness (QED) is 0.909. The average Bonchev–Trinajstić information content (AvgIpc) is 2.90. The maximum absolute atomic E-state index is 10.8. The van der Waals surface area contributed by atoms with E-state index in [0.717, 1.165) is 10.2 Å². The van der Waals surface area contributed by atoms with Crippen LogP contribution < -0.4 is 0 Å². The highest BCUT2D eigenvalue weighted by Crippen LogP contribution is 2.36. The first-order valence-electron chi connectivity index (χ1n) is 6.50. The summed E-state index contributed by atoms with van der Waals surface area (Å²) in [6.45, 7) is 6.71. The smallest absolute Gasteiger partial charge is 0.133 e. The van der Waals surface area contributed by atoms with Crippen molar-refractivity contribution >= 4 is 27.5 Å². The Morgan fingerprint density at radius 3 is 2.65 bits per heavy atom. The fourth-order valence-corrected chi connectivity index (χ4v) is 3.00. The van der Waals surface area contributed by atoms with Gasteiger partial charge in [0.1, 0.15) is 11.3 Å². The standard InChI is InChI=1S/C13H18BrClN4O/c1-5-19-11(8(14)6-16-19)12(20)9-10(7(2)3)17-18(4)13(9)15/h6-7,12,20H,5H2,1-4H3. The van der Waals surface area contributed by atoms with E-state index in [2.05, 4.69) is 26.1 Å². The van der Waals surface area contributed by atoms with E-state index in [1.807, 2.05) is 20.8 Å². The van der Waals surface area contributed by atoms with Crippen molar-refractivity contribution in [2.24, 2.45) is 7.05 Å². The Kier molecular flexibility index (Phi) is 4.56. The molecule has 0 aliphatic heterocycles. The van der Waals surface area contributed by atoms with Crippen LogP contribution in [0.3, 0.4) is 0 Å². The van der Waals surface area contributed by atoms with Crippen molar-refractivity contribution in [2.45, 2.75) is 39.3 Å². The summed E-state index contributed by atoms with van der Waals surface area (Å²) < 4.78 is 4.11. The van der Waals surface area contributed by atoms with Gasteiger partial charge in [0.15, 0.2) is 0 Å². The van der Waals surface area contributed by atoms with Crippen LogP contribution in [0.25, 0.3) is 0 Å². The normalized spacial score (nSPS) is 13.2. The van der Waals surface area contributed by atoms with E-state index in [1.54, 1.807) is 22.6 Å². The minimum absolute atomic E-state index is 0.176. The van der Waals surface area contributed by atoms with Crippen molar-refractivity contribution in [1.82, 2.24) is 19.6 Å². The second-order valence-electron chi connectivity index (χ2n) is 4.96. The maximum atomic E-state index is 10.8. The molecular weight excluding hydrogens is 344 g/mol. The first kappa shape index (κ1) is 15.5. The van der Waals surface area contributed by atoms with Gasteiger partial charge < -0.3 is 5.11 Å². The third-order valence-electron chi connectivity index (χ3n) is 3.25. The Morgan fingerprint density at radius 1 is 1.45 bits per heavy atom. The molecule has 5 nitrogen and oxygen atoms in total. The van der Waals surface area contributed by atoms with Crippen LogP contribution in [0.4, 0.5) is 0 Å². The van der Waals surface area contributed by atoms with Crippen LogP contribution in [0.5, 0.6) is 0 Å². The zero-order valence-corrected chi connectivity index (χ0v) is 14.3. The highest BCUT2D eigenvalue weighted by molar-refractivity contribution is 9.10. The minimum atomic E-state index is -0.856. The maximum Gasteiger partial charge on any atom is 0.133 e.